The first-order valence-corrected chi connectivity index (χ1v) is 15.7. The van der Waals surface area contributed by atoms with Gasteiger partial charge in [0.2, 0.25) is 5.75 Å². The molecule has 2 amide bonds. The van der Waals surface area contributed by atoms with Gasteiger partial charge in [-0.2, -0.15) is 12.7 Å². The zero-order chi connectivity index (χ0) is 34.3. The Morgan fingerprint density at radius 3 is 2.06 bits per heavy atom. The van der Waals surface area contributed by atoms with E-state index in [-0.39, 0.29) is 29.3 Å². The molecule has 0 saturated carbocycles. The van der Waals surface area contributed by atoms with Crippen LogP contribution in [0.25, 0.3) is 17.0 Å². The molecule has 3 aromatic carbocycles. The van der Waals surface area contributed by atoms with Gasteiger partial charge in [0, 0.05) is 43.4 Å². The molecule has 0 aliphatic rings. The molecule has 4 rings (SSSR count). The average Bonchev–Trinajstić information content (AvgIpc) is 3.45. The van der Waals surface area contributed by atoms with E-state index in [0.717, 1.165) is 13.8 Å². The molecule has 0 aliphatic carbocycles. The number of hydrogen-bond acceptors (Lipinski definition) is 9. The fraction of sp³-hybridized carbons (Fsp3) is 0.273. The van der Waals surface area contributed by atoms with Crippen LogP contribution < -0.4 is 34.3 Å². The fourth-order valence-electron chi connectivity index (χ4n) is 4.83. The van der Waals surface area contributed by atoms with Crippen LogP contribution in [0.1, 0.15) is 21.5 Å². The molecule has 0 atom stereocenters. The Morgan fingerprint density at radius 2 is 1.47 bits per heavy atom. The average molecular weight is 667 g/mol. The van der Waals surface area contributed by atoms with Gasteiger partial charge in [0.15, 0.2) is 23.0 Å². The largest absolute Gasteiger partial charge is 0.493 e. The zero-order valence-corrected chi connectivity index (χ0v) is 28.1. The van der Waals surface area contributed by atoms with Crippen LogP contribution in [0, 0.1) is 0 Å². The molecule has 0 aliphatic heterocycles. The highest BCUT2D eigenvalue weighted by atomic mass is 32.2. The first-order chi connectivity index (χ1) is 22.5. The molecular weight excluding hydrogens is 628 g/mol. The summed E-state index contributed by atoms with van der Waals surface area (Å²) in [6.07, 6.45) is 3.29. The van der Waals surface area contributed by atoms with Crippen molar-refractivity contribution in [1.82, 2.24) is 18.9 Å². The Balaban J connectivity index is 1.73. The molecule has 250 valence electrons. The molecule has 0 spiro atoms. The molecule has 47 heavy (non-hydrogen) atoms. The molecule has 0 saturated heterocycles. The number of methoxy groups -OCH3 is 5. The van der Waals surface area contributed by atoms with Crippen molar-refractivity contribution in [3.63, 3.8) is 0 Å². The van der Waals surface area contributed by atoms with Crippen LogP contribution in [0.2, 0.25) is 0 Å². The minimum absolute atomic E-state index is 0.124. The number of carbonyl (C=O) groups is 2. The summed E-state index contributed by atoms with van der Waals surface area (Å²) in [5, 5.41) is 6.09. The summed E-state index contributed by atoms with van der Waals surface area (Å²) in [7, 11) is 6.32. The van der Waals surface area contributed by atoms with Crippen LogP contribution in [0.5, 0.6) is 28.7 Å². The zero-order valence-electron chi connectivity index (χ0n) is 27.2. The van der Waals surface area contributed by atoms with Gasteiger partial charge < -0.3 is 34.3 Å². The Labute approximate surface area is 273 Å². The van der Waals surface area contributed by atoms with Gasteiger partial charge in [0.1, 0.15) is 5.70 Å². The number of aromatic nitrogens is 1. The molecule has 13 nitrogen and oxygen atoms in total. The highest BCUT2D eigenvalue weighted by molar-refractivity contribution is 7.87. The van der Waals surface area contributed by atoms with E-state index in [1.807, 2.05) is 12.1 Å². The van der Waals surface area contributed by atoms with Gasteiger partial charge in [-0.1, -0.05) is 24.3 Å². The maximum absolute atomic E-state index is 13.7. The van der Waals surface area contributed by atoms with Crippen molar-refractivity contribution in [2.45, 2.75) is 6.42 Å². The monoisotopic (exact) mass is 666 g/mol. The standard InChI is InChI=1S/C33H38N4O9S/c1-36(2)47(40,41)37-20-23(24-10-8-9-11-26(24)37)17-25(33(39)34-15-14-21-12-13-27(42-3)28(16-21)43-4)35-32(38)22-18-29(44-5)31(46-7)30(19-22)45-6/h8-13,16-20H,14-15H2,1-7H3,(H,34,39)(H,35,38)/b25-17-. The van der Waals surface area contributed by atoms with Crippen molar-refractivity contribution in [2.75, 3.05) is 56.2 Å². The quantitative estimate of drug-likeness (QED) is 0.193. The van der Waals surface area contributed by atoms with Crippen molar-refractivity contribution in [3.8, 4) is 28.7 Å². The Kier molecular flexibility index (Phi) is 11.0. The Hall–Kier alpha value is -5.21. The number of carbonyl (C=O) groups excluding carboxylic acids is 2. The molecule has 0 radical (unpaired) electrons. The normalized spacial score (nSPS) is 11.7. The topological polar surface area (TPSA) is 147 Å². The summed E-state index contributed by atoms with van der Waals surface area (Å²) < 4.78 is 55.3. The third-order valence-electron chi connectivity index (χ3n) is 7.29. The predicted molar refractivity (Wildman–Crippen MR) is 178 cm³/mol. The number of ether oxygens (including phenoxy) is 5. The fourth-order valence-corrected chi connectivity index (χ4v) is 5.84. The summed E-state index contributed by atoms with van der Waals surface area (Å²) in [4.78, 5) is 27.3. The SMILES string of the molecule is COc1ccc(CCNC(=O)/C(=C/c2cn(S(=O)(=O)N(C)C)c3ccccc23)NC(=O)c2cc(OC)c(OC)c(OC)c2)cc1OC. The lowest BCUT2D eigenvalue weighted by atomic mass is 10.1. The van der Waals surface area contributed by atoms with Crippen LogP contribution in [0.15, 0.2) is 66.5 Å². The van der Waals surface area contributed by atoms with Crippen molar-refractivity contribution in [2.24, 2.45) is 0 Å². The van der Waals surface area contributed by atoms with Crippen LogP contribution in [0.4, 0.5) is 0 Å². The minimum atomic E-state index is -3.91. The molecule has 1 heterocycles. The van der Waals surface area contributed by atoms with Crippen LogP contribution in [-0.4, -0.2) is 84.7 Å². The second-order valence-corrected chi connectivity index (χ2v) is 12.3. The third-order valence-corrected chi connectivity index (χ3v) is 9.01. The van der Waals surface area contributed by atoms with Crippen LogP contribution in [-0.2, 0) is 21.4 Å². The maximum atomic E-state index is 13.7. The molecule has 0 bridgehead atoms. The van der Waals surface area contributed by atoms with E-state index in [4.69, 9.17) is 23.7 Å². The van der Waals surface area contributed by atoms with Gasteiger partial charge in [-0.05, 0) is 48.4 Å². The van der Waals surface area contributed by atoms with Gasteiger partial charge >= 0.3 is 10.2 Å². The summed E-state index contributed by atoms with van der Waals surface area (Å²) >= 11 is 0. The number of amides is 2. The molecule has 14 heteroatoms. The van der Waals surface area contributed by atoms with E-state index in [9.17, 15) is 18.0 Å². The lowest BCUT2D eigenvalue weighted by molar-refractivity contribution is -0.117. The number of nitrogens with one attached hydrogen (secondary N) is 2. The predicted octanol–water partition coefficient (Wildman–Crippen LogP) is 3.47. The van der Waals surface area contributed by atoms with Gasteiger partial charge in [-0.3, -0.25) is 9.59 Å². The van der Waals surface area contributed by atoms with Gasteiger partial charge in [0.25, 0.3) is 11.8 Å². The number of hydrogen-bond donors (Lipinski definition) is 2. The Morgan fingerprint density at radius 1 is 0.830 bits per heavy atom. The summed E-state index contributed by atoms with van der Waals surface area (Å²) in [6, 6.07) is 15.2. The molecule has 4 aromatic rings. The number of nitrogens with zero attached hydrogens (tertiary/aromatic N) is 2. The van der Waals surface area contributed by atoms with Crippen LogP contribution >= 0.6 is 0 Å². The highest BCUT2D eigenvalue weighted by Gasteiger charge is 2.23. The second-order valence-electron chi connectivity index (χ2n) is 10.3. The molecule has 1 aromatic heterocycles. The van der Waals surface area contributed by atoms with Crippen molar-refractivity contribution in [3.05, 3.63) is 83.2 Å². The number of fused-ring (bicyclic) bond motifs is 1. The van der Waals surface area contributed by atoms with E-state index in [2.05, 4.69) is 10.6 Å². The van der Waals surface area contributed by atoms with Crippen molar-refractivity contribution >= 4 is 39.0 Å². The van der Waals surface area contributed by atoms with Crippen molar-refractivity contribution in [1.29, 1.82) is 0 Å². The van der Waals surface area contributed by atoms with Gasteiger partial charge in [0.05, 0.1) is 41.1 Å². The van der Waals surface area contributed by atoms with Crippen molar-refractivity contribution < 1.29 is 41.7 Å². The van der Waals surface area contributed by atoms with E-state index >= 15 is 0 Å². The lowest BCUT2D eigenvalue weighted by Gasteiger charge is -2.15. The number of benzene rings is 3. The van der Waals surface area contributed by atoms with E-state index < -0.39 is 22.0 Å². The first-order valence-electron chi connectivity index (χ1n) is 14.3. The molecule has 0 fully saturated rings. The molecular formula is C33H38N4O9S. The van der Waals surface area contributed by atoms with E-state index in [1.54, 1.807) is 37.4 Å². The Bertz CT molecular complexity index is 1890. The maximum Gasteiger partial charge on any atom is 0.307 e. The first kappa shape index (κ1) is 34.7. The molecule has 2 N–H and O–H groups in total. The molecule has 0 unspecified atom stereocenters. The van der Waals surface area contributed by atoms with Gasteiger partial charge in [-0.25, -0.2) is 3.97 Å². The number of para-hydroxylation sites is 1. The van der Waals surface area contributed by atoms with Gasteiger partial charge in [-0.15, -0.1) is 0 Å². The highest BCUT2D eigenvalue weighted by Crippen LogP contribution is 2.38. The van der Waals surface area contributed by atoms with E-state index in [0.29, 0.717) is 40.1 Å². The summed E-state index contributed by atoms with van der Waals surface area (Å²) in [5.74, 6) is 0.686. The van der Waals surface area contributed by atoms with Crippen LogP contribution in [0.3, 0.4) is 0 Å². The minimum Gasteiger partial charge on any atom is -0.493 e. The smallest absolute Gasteiger partial charge is 0.307 e. The second kappa shape index (κ2) is 14.9. The summed E-state index contributed by atoms with van der Waals surface area (Å²) in [5.41, 5.74) is 1.67. The number of rotatable bonds is 14. The van der Waals surface area contributed by atoms with E-state index in [1.165, 1.54) is 66.9 Å². The summed E-state index contributed by atoms with van der Waals surface area (Å²) in [6.45, 7) is 0.211. The third kappa shape index (κ3) is 7.45. The lowest BCUT2D eigenvalue weighted by Crippen LogP contribution is -2.35.